The van der Waals surface area contributed by atoms with Crippen LogP contribution in [0.25, 0.3) is 0 Å². The van der Waals surface area contributed by atoms with Crippen molar-refractivity contribution in [2.75, 3.05) is 13.6 Å². The van der Waals surface area contributed by atoms with Gasteiger partial charge in [-0.2, -0.15) is 0 Å². The smallest absolute Gasteiger partial charge is 0.336 e. The zero-order valence-corrected chi connectivity index (χ0v) is 11.3. The predicted molar refractivity (Wildman–Crippen MR) is 69.1 cm³/mol. The Labute approximate surface area is 107 Å². The van der Waals surface area contributed by atoms with Crippen molar-refractivity contribution in [3.05, 3.63) is 35.1 Å². The van der Waals surface area contributed by atoms with Crippen molar-refractivity contribution in [2.24, 2.45) is 5.41 Å². The van der Waals surface area contributed by atoms with E-state index < -0.39 is 11.8 Å². The number of carboxylic acids is 1. The van der Waals surface area contributed by atoms with Gasteiger partial charge in [0.15, 0.2) is 0 Å². The van der Waals surface area contributed by atoms with E-state index in [1.54, 1.807) is 0 Å². The van der Waals surface area contributed by atoms with Gasteiger partial charge in [0, 0.05) is 13.1 Å². The van der Waals surface area contributed by atoms with E-state index in [9.17, 15) is 9.18 Å². The topological polar surface area (TPSA) is 40.5 Å². The molecule has 0 heterocycles. The van der Waals surface area contributed by atoms with E-state index in [0.717, 1.165) is 6.54 Å². The first kappa shape index (κ1) is 14.6. The van der Waals surface area contributed by atoms with Gasteiger partial charge in [0.2, 0.25) is 0 Å². The number of carboxylic acid groups (broad SMARTS) is 1. The van der Waals surface area contributed by atoms with Crippen LogP contribution in [0.15, 0.2) is 18.2 Å². The van der Waals surface area contributed by atoms with Crippen LogP contribution < -0.4 is 0 Å². The lowest BCUT2D eigenvalue weighted by Crippen LogP contribution is -2.29. The molecular formula is C14H20FNO2. The number of halogens is 1. The van der Waals surface area contributed by atoms with Gasteiger partial charge in [-0.15, -0.1) is 0 Å². The van der Waals surface area contributed by atoms with Gasteiger partial charge in [-0.3, -0.25) is 0 Å². The van der Waals surface area contributed by atoms with E-state index in [2.05, 4.69) is 20.8 Å². The second-order valence-corrected chi connectivity index (χ2v) is 5.84. The average Bonchev–Trinajstić information content (AvgIpc) is 2.13. The summed E-state index contributed by atoms with van der Waals surface area (Å²) in [5.41, 5.74) is 0.789. The monoisotopic (exact) mass is 253 g/mol. The molecule has 0 aliphatic heterocycles. The molecule has 1 rings (SSSR count). The highest BCUT2D eigenvalue weighted by atomic mass is 19.1. The summed E-state index contributed by atoms with van der Waals surface area (Å²) in [6.07, 6.45) is 0. The van der Waals surface area contributed by atoms with Gasteiger partial charge in [0.05, 0.1) is 5.56 Å². The molecule has 1 aromatic rings. The minimum absolute atomic E-state index is 0.117. The second-order valence-electron chi connectivity index (χ2n) is 5.84. The third-order valence-electron chi connectivity index (χ3n) is 2.48. The van der Waals surface area contributed by atoms with E-state index >= 15 is 0 Å². The summed E-state index contributed by atoms with van der Waals surface area (Å²) in [7, 11) is 1.90. The first-order valence-electron chi connectivity index (χ1n) is 5.89. The van der Waals surface area contributed by atoms with Crippen molar-refractivity contribution >= 4 is 5.97 Å². The predicted octanol–water partition coefficient (Wildman–Crippen LogP) is 3.00. The third-order valence-corrected chi connectivity index (χ3v) is 2.48. The zero-order chi connectivity index (χ0) is 13.9. The maximum Gasteiger partial charge on any atom is 0.336 e. The fourth-order valence-electron chi connectivity index (χ4n) is 2.06. The molecule has 0 radical (unpaired) electrons. The molecule has 0 bridgehead atoms. The average molecular weight is 253 g/mol. The molecule has 0 amide bonds. The number of carbonyl (C=O) groups is 1. The van der Waals surface area contributed by atoms with E-state index in [1.165, 1.54) is 18.2 Å². The highest BCUT2D eigenvalue weighted by Crippen LogP contribution is 2.18. The minimum Gasteiger partial charge on any atom is -0.478 e. The molecule has 3 nitrogen and oxygen atoms in total. The van der Waals surface area contributed by atoms with Crippen molar-refractivity contribution in [2.45, 2.75) is 27.3 Å². The van der Waals surface area contributed by atoms with Gasteiger partial charge in [-0.25, -0.2) is 9.18 Å². The molecule has 0 unspecified atom stereocenters. The Morgan fingerprint density at radius 2 is 2.00 bits per heavy atom. The van der Waals surface area contributed by atoms with Crippen molar-refractivity contribution < 1.29 is 14.3 Å². The number of hydrogen-bond acceptors (Lipinski definition) is 2. The standard InChI is InChI=1S/C14H20FNO2/c1-14(2,3)9-16(4)8-10-7-11(15)5-6-12(10)13(17)18/h5-7H,8-9H2,1-4H3,(H,17,18). The summed E-state index contributed by atoms with van der Waals surface area (Å²) in [6.45, 7) is 7.55. The summed E-state index contributed by atoms with van der Waals surface area (Å²) >= 11 is 0. The molecule has 0 saturated heterocycles. The van der Waals surface area contributed by atoms with E-state index in [-0.39, 0.29) is 11.0 Å². The Hall–Kier alpha value is -1.42. The highest BCUT2D eigenvalue weighted by Gasteiger charge is 2.17. The molecular weight excluding hydrogens is 233 g/mol. The van der Waals surface area contributed by atoms with Crippen LogP contribution in [0.2, 0.25) is 0 Å². The lowest BCUT2D eigenvalue weighted by atomic mass is 9.96. The molecule has 1 N–H and O–H groups in total. The van der Waals surface area contributed by atoms with E-state index in [4.69, 9.17) is 5.11 Å². The normalized spacial score (nSPS) is 11.9. The number of rotatable bonds is 4. The van der Waals surface area contributed by atoms with Crippen molar-refractivity contribution in [3.63, 3.8) is 0 Å². The first-order valence-corrected chi connectivity index (χ1v) is 5.89. The number of benzene rings is 1. The van der Waals surface area contributed by atoms with Gasteiger partial charge >= 0.3 is 5.97 Å². The minimum atomic E-state index is -1.02. The lowest BCUT2D eigenvalue weighted by molar-refractivity contribution is 0.0694. The van der Waals surface area contributed by atoms with Crippen LogP contribution in [0.4, 0.5) is 4.39 Å². The maximum atomic E-state index is 13.2. The molecule has 4 heteroatoms. The summed E-state index contributed by atoms with van der Waals surface area (Å²) in [4.78, 5) is 13.1. The van der Waals surface area contributed by atoms with Crippen LogP contribution in [0.5, 0.6) is 0 Å². The third kappa shape index (κ3) is 4.45. The number of nitrogens with zero attached hydrogens (tertiary/aromatic N) is 1. The van der Waals surface area contributed by atoms with Gasteiger partial charge < -0.3 is 10.0 Å². The molecule has 0 aromatic heterocycles. The Bertz CT molecular complexity index is 438. The fraction of sp³-hybridized carbons (Fsp3) is 0.500. The Morgan fingerprint density at radius 1 is 1.39 bits per heavy atom. The molecule has 1 aromatic carbocycles. The number of hydrogen-bond donors (Lipinski definition) is 1. The van der Waals surface area contributed by atoms with E-state index in [0.29, 0.717) is 12.1 Å². The SMILES string of the molecule is CN(Cc1cc(F)ccc1C(=O)O)CC(C)(C)C. The van der Waals surface area contributed by atoms with Crippen LogP contribution >= 0.6 is 0 Å². The molecule has 0 aliphatic rings. The highest BCUT2D eigenvalue weighted by molar-refractivity contribution is 5.89. The number of aromatic carboxylic acids is 1. The Morgan fingerprint density at radius 3 is 2.50 bits per heavy atom. The lowest BCUT2D eigenvalue weighted by Gasteiger charge is -2.26. The van der Waals surface area contributed by atoms with Gasteiger partial charge in [-0.1, -0.05) is 20.8 Å². The van der Waals surface area contributed by atoms with Gasteiger partial charge in [0.25, 0.3) is 0 Å². The van der Waals surface area contributed by atoms with Crippen LogP contribution in [-0.2, 0) is 6.54 Å². The summed E-state index contributed by atoms with van der Waals surface area (Å²) in [6, 6.07) is 3.79. The van der Waals surface area contributed by atoms with Crippen LogP contribution in [0.3, 0.4) is 0 Å². The molecule has 18 heavy (non-hydrogen) atoms. The van der Waals surface area contributed by atoms with Crippen LogP contribution in [-0.4, -0.2) is 29.6 Å². The summed E-state index contributed by atoms with van der Waals surface area (Å²) < 4.78 is 13.2. The summed E-state index contributed by atoms with van der Waals surface area (Å²) in [5.74, 6) is -1.42. The molecule has 0 spiro atoms. The molecule has 100 valence electrons. The Balaban J connectivity index is 2.89. The molecule has 0 atom stereocenters. The van der Waals surface area contributed by atoms with E-state index in [1.807, 2.05) is 11.9 Å². The maximum absolute atomic E-state index is 13.2. The largest absolute Gasteiger partial charge is 0.478 e. The molecule has 0 saturated carbocycles. The van der Waals surface area contributed by atoms with Crippen LogP contribution in [0.1, 0.15) is 36.7 Å². The van der Waals surface area contributed by atoms with Crippen LogP contribution in [0, 0.1) is 11.2 Å². The molecule has 0 aliphatic carbocycles. The van der Waals surface area contributed by atoms with Crippen molar-refractivity contribution in [1.82, 2.24) is 4.90 Å². The second kappa shape index (κ2) is 5.48. The van der Waals surface area contributed by atoms with Crippen molar-refractivity contribution in [3.8, 4) is 0 Å². The first-order chi connectivity index (χ1) is 8.19. The fourth-order valence-corrected chi connectivity index (χ4v) is 2.06. The van der Waals surface area contributed by atoms with Gasteiger partial charge in [-0.05, 0) is 36.2 Å². The quantitative estimate of drug-likeness (QED) is 0.896. The van der Waals surface area contributed by atoms with Crippen molar-refractivity contribution in [1.29, 1.82) is 0 Å². The van der Waals surface area contributed by atoms with Gasteiger partial charge in [0.1, 0.15) is 5.82 Å². The zero-order valence-electron chi connectivity index (χ0n) is 11.3. The molecule has 0 fully saturated rings. The Kier molecular flexibility index (Phi) is 4.46. The summed E-state index contributed by atoms with van der Waals surface area (Å²) in [5, 5.41) is 9.06.